The maximum absolute atomic E-state index is 14.2. The number of hydrogen-bond acceptors (Lipinski definition) is 6. The first kappa shape index (κ1) is 27.7. The second-order valence-corrected chi connectivity index (χ2v) is 12.5. The van der Waals surface area contributed by atoms with Crippen LogP contribution in [0.15, 0.2) is 36.4 Å². The van der Waals surface area contributed by atoms with Crippen LogP contribution in [0.25, 0.3) is 0 Å². The van der Waals surface area contributed by atoms with Gasteiger partial charge in [-0.3, -0.25) is 19.3 Å². The number of nitrogens with zero attached hydrogens (tertiary/aromatic N) is 2. The molecule has 40 heavy (non-hydrogen) atoms. The fraction of sp³-hybridized carbons (Fsp3) is 0.633. The number of nitrogens with one attached hydrogen (secondary N) is 2. The van der Waals surface area contributed by atoms with Gasteiger partial charge in [-0.2, -0.15) is 0 Å². The quantitative estimate of drug-likeness (QED) is 0.489. The lowest BCUT2D eigenvalue weighted by Crippen LogP contribution is -2.58. The van der Waals surface area contributed by atoms with E-state index in [1.54, 1.807) is 29.2 Å². The molecule has 2 bridgehead atoms. The Morgan fingerprint density at radius 2 is 1.82 bits per heavy atom. The van der Waals surface area contributed by atoms with Crippen LogP contribution in [-0.4, -0.2) is 90.7 Å². The topological polar surface area (TPSA) is 100 Å². The second kappa shape index (κ2) is 11.1. The minimum absolute atomic E-state index is 0.0504. The van der Waals surface area contributed by atoms with Gasteiger partial charge in [-0.05, 0) is 42.5 Å². The van der Waals surface area contributed by atoms with Crippen molar-refractivity contribution in [1.29, 1.82) is 0 Å². The number of ether oxygens (including phenoxy) is 2. The Balaban J connectivity index is 1.27. The van der Waals surface area contributed by atoms with Crippen LogP contribution in [0.3, 0.4) is 0 Å². The molecule has 1 aromatic carbocycles. The highest BCUT2D eigenvalue weighted by Crippen LogP contribution is 2.55. The van der Waals surface area contributed by atoms with Crippen molar-refractivity contribution < 1.29 is 23.9 Å². The number of benzene rings is 1. The minimum atomic E-state index is -1.16. The van der Waals surface area contributed by atoms with Crippen LogP contribution in [0.5, 0.6) is 0 Å². The molecule has 6 rings (SSSR count). The van der Waals surface area contributed by atoms with Crippen molar-refractivity contribution in [3.05, 3.63) is 41.4 Å². The first-order chi connectivity index (χ1) is 19.3. The van der Waals surface area contributed by atoms with E-state index in [-0.39, 0.29) is 23.8 Å². The zero-order valence-electron chi connectivity index (χ0n) is 23.2. The molecular formula is C30H39ClN4O5. The van der Waals surface area contributed by atoms with Crippen LogP contribution < -0.4 is 10.6 Å². The van der Waals surface area contributed by atoms with Crippen molar-refractivity contribution in [1.82, 2.24) is 15.1 Å². The molecule has 216 valence electrons. The van der Waals surface area contributed by atoms with Gasteiger partial charge < -0.3 is 25.0 Å². The predicted octanol–water partition coefficient (Wildman–Crippen LogP) is 2.70. The Kier molecular flexibility index (Phi) is 7.67. The number of halogens is 1. The number of amides is 3. The molecule has 3 saturated heterocycles. The van der Waals surface area contributed by atoms with Crippen molar-refractivity contribution in [2.75, 3.05) is 44.7 Å². The van der Waals surface area contributed by atoms with Gasteiger partial charge in [0.2, 0.25) is 17.7 Å². The number of morpholine rings is 1. The Morgan fingerprint density at radius 3 is 2.58 bits per heavy atom. The van der Waals surface area contributed by atoms with Crippen molar-refractivity contribution in [2.45, 2.75) is 56.9 Å². The summed E-state index contributed by atoms with van der Waals surface area (Å²) in [5, 5.41) is 6.83. The maximum Gasteiger partial charge on any atom is 0.246 e. The summed E-state index contributed by atoms with van der Waals surface area (Å²) < 4.78 is 12.0. The fourth-order valence-corrected chi connectivity index (χ4v) is 7.51. The standard InChI is InChI=1S/C30H39ClN4O5/c1-18-4-3-5-22(19(18)2)33-28(37)26-30-11-10-23(40-30)24(27(36)32-21-8-6-20(31)7-9-21)25(30)29(38)35(26)13-12-34-14-16-39-17-15-34/h6-11,18-19,22-26H,3-5,12-17H2,1-2H3,(H,32,36)(H,33,37)/t18-,19-,22+,23-,24+,25-,26+,30+/m1/s1. The van der Waals surface area contributed by atoms with E-state index in [1.165, 1.54) is 0 Å². The smallest absolute Gasteiger partial charge is 0.246 e. The number of carbonyl (C=O) groups is 3. The van der Waals surface area contributed by atoms with E-state index in [1.807, 2.05) is 12.2 Å². The lowest BCUT2D eigenvalue weighted by molar-refractivity contribution is -0.142. The Bertz CT molecular complexity index is 1170. The lowest BCUT2D eigenvalue weighted by Gasteiger charge is -2.38. The number of hydrogen-bond donors (Lipinski definition) is 2. The van der Waals surface area contributed by atoms with Crippen LogP contribution in [0, 0.1) is 23.7 Å². The molecule has 1 aromatic rings. The molecule has 10 heteroatoms. The molecule has 2 N–H and O–H groups in total. The fourth-order valence-electron chi connectivity index (χ4n) is 7.39. The summed E-state index contributed by atoms with van der Waals surface area (Å²) in [4.78, 5) is 45.8. The average molecular weight is 571 g/mol. The highest BCUT2D eigenvalue weighted by molar-refractivity contribution is 6.30. The first-order valence-electron chi connectivity index (χ1n) is 14.6. The molecule has 1 spiro atoms. The molecule has 8 atom stereocenters. The van der Waals surface area contributed by atoms with E-state index in [0.717, 1.165) is 32.4 Å². The zero-order chi connectivity index (χ0) is 28.0. The van der Waals surface area contributed by atoms with Crippen LogP contribution in [-0.2, 0) is 23.9 Å². The van der Waals surface area contributed by atoms with Crippen molar-refractivity contribution in [3.8, 4) is 0 Å². The van der Waals surface area contributed by atoms with E-state index >= 15 is 0 Å². The molecule has 5 aliphatic rings. The molecule has 4 fully saturated rings. The maximum atomic E-state index is 14.2. The van der Waals surface area contributed by atoms with Gasteiger partial charge in [0.15, 0.2) is 0 Å². The van der Waals surface area contributed by atoms with E-state index in [9.17, 15) is 14.4 Å². The Hall–Kier alpha value is -2.46. The molecule has 1 aliphatic carbocycles. The van der Waals surface area contributed by atoms with Crippen LogP contribution in [0.4, 0.5) is 5.69 Å². The van der Waals surface area contributed by atoms with Crippen molar-refractivity contribution >= 4 is 35.0 Å². The lowest BCUT2D eigenvalue weighted by atomic mass is 9.73. The van der Waals surface area contributed by atoms with Gasteiger partial charge in [-0.15, -0.1) is 0 Å². The van der Waals surface area contributed by atoms with Gasteiger partial charge >= 0.3 is 0 Å². The average Bonchev–Trinajstić information content (AvgIpc) is 3.59. The van der Waals surface area contributed by atoms with Crippen LogP contribution in [0.2, 0.25) is 5.02 Å². The predicted molar refractivity (Wildman–Crippen MR) is 151 cm³/mol. The van der Waals surface area contributed by atoms with Crippen molar-refractivity contribution in [3.63, 3.8) is 0 Å². The summed E-state index contributed by atoms with van der Waals surface area (Å²) in [5.41, 5.74) is -0.568. The van der Waals surface area contributed by atoms with Gasteiger partial charge in [0.05, 0.1) is 31.2 Å². The SMILES string of the molecule is C[C@@H]1[C@H](C)CCC[C@@H]1NC(=O)[C@@H]1N(CCN2CCOCC2)C(=O)[C@H]2[C@@H](C(=O)Nc3ccc(Cl)cc3)[C@H]3C=C[C@@]12O3. The second-order valence-electron chi connectivity index (χ2n) is 12.1. The molecule has 3 amide bonds. The van der Waals surface area contributed by atoms with Gasteiger partial charge in [-0.1, -0.05) is 50.4 Å². The van der Waals surface area contributed by atoms with Crippen LogP contribution in [0.1, 0.15) is 33.1 Å². The van der Waals surface area contributed by atoms with E-state index in [0.29, 0.717) is 48.8 Å². The van der Waals surface area contributed by atoms with Gasteiger partial charge in [0.25, 0.3) is 0 Å². The summed E-state index contributed by atoms with van der Waals surface area (Å²) in [6, 6.07) is 6.09. The largest absolute Gasteiger partial charge is 0.379 e. The third-order valence-electron chi connectivity index (χ3n) is 9.83. The zero-order valence-corrected chi connectivity index (χ0v) is 23.9. The highest BCUT2D eigenvalue weighted by Gasteiger charge is 2.72. The monoisotopic (exact) mass is 570 g/mol. The Morgan fingerprint density at radius 1 is 1.07 bits per heavy atom. The number of carbonyl (C=O) groups excluding carboxylic acids is 3. The molecule has 4 heterocycles. The van der Waals surface area contributed by atoms with Gasteiger partial charge in [0.1, 0.15) is 11.6 Å². The summed E-state index contributed by atoms with van der Waals surface area (Å²) in [5.74, 6) is -1.30. The molecule has 4 aliphatic heterocycles. The summed E-state index contributed by atoms with van der Waals surface area (Å²) in [7, 11) is 0. The van der Waals surface area contributed by atoms with Gasteiger partial charge in [0, 0.05) is 42.9 Å². The molecule has 0 unspecified atom stereocenters. The third kappa shape index (κ3) is 4.85. The van der Waals surface area contributed by atoms with Crippen LogP contribution >= 0.6 is 11.6 Å². The highest BCUT2D eigenvalue weighted by atomic mass is 35.5. The molecular weight excluding hydrogens is 532 g/mol. The summed E-state index contributed by atoms with van der Waals surface area (Å²) in [6.45, 7) is 8.34. The summed E-state index contributed by atoms with van der Waals surface area (Å²) >= 11 is 6.01. The molecule has 0 aromatic heterocycles. The van der Waals surface area contributed by atoms with Crippen molar-refractivity contribution in [2.24, 2.45) is 23.7 Å². The molecule has 9 nitrogen and oxygen atoms in total. The number of fused-ring (bicyclic) bond motifs is 1. The summed E-state index contributed by atoms with van der Waals surface area (Å²) in [6.07, 6.45) is 6.32. The van der Waals surface area contributed by atoms with E-state index < -0.39 is 29.6 Å². The molecule has 0 radical (unpaired) electrons. The molecule has 1 saturated carbocycles. The first-order valence-corrected chi connectivity index (χ1v) is 15.0. The normalized spacial score (nSPS) is 37.0. The number of rotatable bonds is 7. The Labute approximate surface area is 240 Å². The van der Waals surface area contributed by atoms with E-state index in [2.05, 4.69) is 29.4 Å². The third-order valence-corrected chi connectivity index (χ3v) is 10.1. The number of likely N-dealkylation sites (tertiary alicyclic amines) is 1. The van der Waals surface area contributed by atoms with E-state index in [4.69, 9.17) is 21.1 Å². The van der Waals surface area contributed by atoms with Gasteiger partial charge in [-0.25, -0.2) is 0 Å². The minimum Gasteiger partial charge on any atom is -0.379 e. The number of anilines is 1.